The van der Waals surface area contributed by atoms with E-state index in [1.54, 1.807) is 0 Å². The molecule has 0 saturated carbocycles. The largest absolute Gasteiger partial charge is 0.643 e. The van der Waals surface area contributed by atoms with Crippen molar-refractivity contribution in [2.45, 2.75) is 0 Å². The van der Waals surface area contributed by atoms with Crippen LogP contribution < -0.4 is 0 Å². The van der Waals surface area contributed by atoms with E-state index in [9.17, 15) is 0 Å². The third kappa shape index (κ3) is 53.4. The van der Waals surface area contributed by atoms with E-state index in [1.165, 1.54) is 0 Å². The van der Waals surface area contributed by atoms with Crippen LogP contribution in [0.2, 0.25) is 0 Å². The highest BCUT2D eigenvalue weighted by atomic mass is 35.8. The van der Waals surface area contributed by atoms with Crippen molar-refractivity contribution >= 4 is 59.4 Å². The van der Waals surface area contributed by atoms with Crippen LogP contribution in [0.5, 0.6) is 0 Å². The van der Waals surface area contributed by atoms with E-state index >= 15 is 0 Å². The predicted molar refractivity (Wildman–Crippen MR) is 40.1 cm³/mol. The van der Waals surface area contributed by atoms with E-state index in [0.29, 0.717) is 6.29 Å². The summed E-state index contributed by atoms with van der Waals surface area (Å²) in [5.41, 5.74) is 0. The zero-order valence-corrected chi connectivity index (χ0v) is 7.96. The average molecular weight is 212 g/mol. The van der Waals surface area contributed by atoms with Crippen LogP contribution in [-0.4, -0.2) is 23.6 Å². The van der Waals surface area contributed by atoms with Crippen molar-refractivity contribution in [1.82, 2.24) is 0 Å². The first-order valence-electron chi connectivity index (χ1n) is 1.57. The van der Waals surface area contributed by atoms with Crippen molar-refractivity contribution < 1.29 is 4.79 Å². The molecule has 0 rings (SSSR count). The third-order valence-electron chi connectivity index (χ3n) is 0.0630. The van der Waals surface area contributed by atoms with E-state index in [-0.39, 0.29) is 5.88 Å². The Morgan fingerprint density at radius 2 is 1.50 bits per heavy atom. The van der Waals surface area contributed by atoms with Crippen LogP contribution in [0, 0.1) is 0 Å². The molecule has 0 aromatic carbocycles. The second-order valence-electron chi connectivity index (χ2n) is 0.568. The Bertz CT molecular complexity index is 46.5. The molecule has 0 aliphatic heterocycles. The molecule has 0 bridgehead atoms. The van der Waals surface area contributed by atoms with E-state index in [2.05, 4.69) is 0 Å². The standard InChI is InChI=1S/C2H3ClO.Al.3ClH/c3-1-2-4;;;;/h2H,1H2;;3*1H/q;+3;;;/p-3. The summed E-state index contributed by atoms with van der Waals surface area (Å²) >= 11 is 3.10. The molecule has 0 aromatic rings. The monoisotopic (exact) mass is 210 g/mol. The van der Waals surface area contributed by atoms with Crippen molar-refractivity contribution in [1.29, 1.82) is 0 Å². The molecule has 0 heterocycles. The number of halogens is 4. The van der Waals surface area contributed by atoms with Gasteiger partial charge in [0.1, 0.15) is 6.29 Å². The second kappa shape index (κ2) is 11.2. The van der Waals surface area contributed by atoms with E-state index in [0.717, 1.165) is 0 Å². The summed E-state index contributed by atoms with van der Waals surface area (Å²) in [5, 5.41) is 0. The van der Waals surface area contributed by atoms with Gasteiger partial charge in [0.2, 0.25) is 0 Å². The van der Waals surface area contributed by atoms with Gasteiger partial charge in [0, 0.05) is 0 Å². The van der Waals surface area contributed by atoms with E-state index in [4.69, 9.17) is 46.5 Å². The van der Waals surface area contributed by atoms with Crippen molar-refractivity contribution in [3.05, 3.63) is 0 Å². The normalized spacial score (nSPS) is 6.50. The lowest BCUT2D eigenvalue weighted by Crippen LogP contribution is -1.66. The van der Waals surface area contributed by atoms with E-state index in [1.807, 2.05) is 0 Å². The number of carbonyl (C=O) groups is 1. The van der Waals surface area contributed by atoms with Gasteiger partial charge in [0.05, 0.1) is 5.88 Å². The van der Waals surface area contributed by atoms with Gasteiger partial charge in [-0.3, -0.25) is 0 Å². The Labute approximate surface area is 69.9 Å². The summed E-state index contributed by atoms with van der Waals surface area (Å²) < 4.78 is 0. The molecule has 0 fully saturated rings. The maximum Gasteiger partial charge on any atom is 0.643 e. The van der Waals surface area contributed by atoms with E-state index < -0.39 is 11.4 Å². The molecule has 8 heavy (non-hydrogen) atoms. The molecule has 0 aliphatic carbocycles. The van der Waals surface area contributed by atoms with Gasteiger partial charge < -0.3 is 4.79 Å². The smallest absolute Gasteiger partial charge is 0.302 e. The minimum Gasteiger partial charge on any atom is -0.302 e. The lowest BCUT2D eigenvalue weighted by Gasteiger charge is -1.57. The molecular formula is C2H3AlCl4O. The first-order chi connectivity index (χ1) is 3.65. The summed E-state index contributed by atoms with van der Waals surface area (Å²) in [6, 6.07) is 0. The quantitative estimate of drug-likeness (QED) is 0.369. The van der Waals surface area contributed by atoms with Crippen molar-refractivity contribution in [2.24, 2.45) is 0 Å². The summed E-state index contributed by atoms with van der Waals surface area (Å²) in [4.78, 5) is 9.04. The highest BCUT2D eigenvalue weighted by molar-refractivity contribution is 7.54. The lowest BCUT2D eigenvalue weighted by atomic mass is 10.9. The molecule has 0 amide bonds. The lowest BCUT2D eigenvalue weighted by molar-refractivity contribution is -0.105. The Morgan fingerprint density at radius 1 is 1.38 bits per heavy atom. The number of rotatable bonds is 1. The van der Waals surface area contributed by atoms with Crippen LogP contribution >= 0.6 is 41.7 Å². The topological polar surface area (TPSA) is 17.1 Å². The molecular weight excluding hydrogens is 209 g/mol. The molecule has 0 saturated heterocycles. The van der Waals surface area contributed by atoms with Gasteiger partial charge in [-0.15, -0.1) is 11.6 Å². The fourth-order valence-corrected chi connectivity index (χ4v) is 0. The van der Waals surface area contributed by atoms with Gasteiger partial charge >= 0.3 is 11.4 Å². The summed E-state index contributed by atoms with van der Waals surface area (Å²) in [7, 11) is 14.8. The number of hydrogen-bond acceptors (Lipinski definition) is 1. The third-order valence-corrected chi connectivity index (χ3v) is 0.189. The summed E-state index contributed by atoms with van der Waals surface area (Å²) in [5.74, 6) is 0.111. The highest BCUT2D eigenvalue weighted by Gasteiger charge is 2.00. The molecule has 0 aromatic heterocycles. The fraction of sp³-hybridized carbons (Fsp3) is 0.500. The number of hydrogen-bond donors (Lipinski definition) is 0. The Balaban J connectivity index is 0. The van der Waals surface area contributed by atoms with Gasteiger partial charge in [0.15, 0.2) is 0 Å². The minimum absolute atomic E-state index is 0.111. The number of aldehydes is 1. The summed E-state index contributed by atoms with van der Waals surface area (Å²) in [6.45, 7) is 0. The zero-order chi connectivity index (χ0) is 6.99. The Morgan fingerprint density at radius 3 is 1.50 bits per heavy atom. The van der Waals surface area contributed by atoms with Crippen molar-refractivity contribution in [3.8, 4) is 0 Å². The number of carbonyl (C=O) groups excluding carboxylic acids is 1. The van der Waals surface area contributed by atoms with Crippen molar-refractivity contribution in [3.63, 3.8) is 0 Å². The van der Waals surface area contributed by atoms with Crippen LogP contribution in [-0.2, 0) is 4.79 Å². The zero-order valence-electron chi connectivity index (χ0n) is 3.78. The van der Waals surface area contributed by atoms with Gasteiger partial charge in [-0.1, -0.05) is 0 Å². The first-order valence-corrected chi connectivity index (χ1v) is 7.34. The molecule has 0 aliphatic rings. The van der Waals surface area contributed by atoms with Crippen LogP contribution in [0.15, 0.2) is 0 Å². The molecule has 0 unspecified atom stereocenters. The molecule has 0 atom stereocenters. The maximum absolute atomic E-state index is 9.04. The van der Waals surface area contributed by atoms with Gasteiger partial charge in [-0.2, -0.15) is 0 Å². The number of alkyl halides is 1. The Kier molecular flexibility index (Phi) is 16.9. The second-order valence-corrected chi connectivity index (χ2v) is 7.31. The highest BCUT2D eigenvalue weighted by Crippen LogP contribution is 1.97. The summed E-state index contributed by atoms with van der Waals surface area (Å²) in [6.07, 6.45) is 0.640. The van der Waals surface area contributed by atoms with Crippen LogP contribution in [0.3, 0.4) is 0 Å². The fourth-order valence-electron chi connectivity index (χ4n) is 0. The molecule has 0 N–H and O–H groups in total. The Hall–Kier alpha value is 1.36. The SMILES string of the molecule is O=CCCl.[Cl][Al]([Cl])[Cl]. The van der Waals surface area contributed by atoms with Crippen LogP contribution in [0.1, 0.15) is 0 Å². The van der Waals surface area contributed by atoms with Crippen molar-refractivity contribution in [2.75, 3.05) is 5.88 Å². The molecule has 48 valence electrons. The predicted octanol–water partition coefficient (Wildman–Crippen LogP) is 2.11. The van der Waals surface area contributed by atoms with Crippen LogP contribution in [0.25, 0.3) is 0 Å². The molecule has 1 nitrogen and oxygen atoms in total. The average Bonchev–Trinajstić information content (AvgIpc) is 1.65. The first kappa shape index (κ1) is 12.1. The maximum atomic E-state index is 9.04. The molecule has 0 radical (unpaired) electrons. The van der Waals surface area contributed by atoms with Gasteiger partial charge in [-0.25, -0.2) is 30.1 Å². The molecule has 6 heteroatoms. The molecule has 0 spiro atoms. The minimum atomic E-state index is -1.72. The van der Waals surface area contributed by atoms with Gasteiger partial charge in [0.25, 0.3) is 0 Å². The van der Waals surface area contributed by atoms with Gasteiger partial charge in [-0.05, 0) is 0 Å². The van der Waals surface area contributed by atoms with Crippen LogP contribution in [0.4, 0.5) is 0 Å².